The maximum absolute atomic E-state index is 4.63. The predicted molar refractivity (Wildman–Crippen MR) is 100 cm³/mol. The minimum Gasteiger partial charge on any atom is -0.368 e. The number of anilines is 1. The predicted octanol–water partition coefficient (Wildman–Crippen LogP) is 4.58. The van der Waals surface area contributed by atoms with Crippen molar-refractivity contribution in [2.45, 2.75) is 46.1 Å². The number of aryl methyl sites for hydroxylation is 3. The highest BCUT2D eigenvalue weighted by Crippen LogP contribution is 2.22. The van der Waals surface area contributed by atoms with E-state index >= 15 is 0 Å². The van der Waals surface area contributed by atoms with Crippen LogP contribution in [0.3, 0.4) is 0 Å². The summed E-state index contributed by atoms with van der Waals surface area (Å²) in [4.78, 5) is 9.21. The molecule has 4 nitrogen and oxygen atoms in total. The van der Waals surface area contributed by atoms with Gasteiger partial charge in [-0.05, 0) is 37.8 Å². The Bertz CT molecular complexity index is 777. The largest absolute Gasteiger partial charge is 0.368 e. The zero-order valence-corrected chi connectivity index (χ0v) is 14.6. The summed E-state index contributed by atoms with van der Waals surface area (Å²) in [6.07, 6.45) is 6.66. The van der Waals surface area contributed by atoms with Gasteiger partial charge in [-0.3, -0.25) is 0 Å². The van der Waals surface area contributed by atoms with Crippen molar-refractivity contribution in [1.82, 2.24) is 14.5 Å². The Labute approximate surface area is 143 Å². The van der Waals surface area contributed by atoms with Gasteiger partial charge >= 0.3 is 0 Å². The number of hydrogen-bond acceptors (Lipinski definition) is 3. The van der Waals surface area contributed by atoms with Crippen LogP contribution in [0.25, 0.3) is 11.0 Å². The number of hydrogen-bond donors (Lipinski definition) is 1. The van der Waals surface area contributed by atoms with Crippen LogP contribution in [0, 0.1) is 6.92 Å². The van der Waals surface area contributed by atoms with E-state index in [1.54, 1.807) is 0 Å². The van der Waals surface area contributed by atoms with Crippen molar-refractivity contribution in [3.63, 3.8) is 0 Å². The van der Waals surface area contributed by atoms with Crippen LogP contribution >= 0.6 is 0 Å². The first-order valence-corrected chi connectivity index (χ1v) is 8.89. The first-order chi connectivity index (χ1) is 11.8. The Morgan fingerprint density at radius 3 is 2.67 bits per heavy atom. The van der Waals surface area contributed by atoms with Gasteiger partial charge in [-0.2, -0.15) is 0 Å². The lowest BCUT2D eigenvalue weighted by molar-refractivity contribution is 0.661. The average Bonchev–Trinajstić information content (AvgIpc) is 2.99. The number of aromatic nitrogens is 3. The van der Waals surface area contributed by atoms with Gasteiger partial charge in [0.2, 0.25) is 0 Å². The molecule has 0 radical (unpaired) electrons. The minimum atomic E-state index is 0.823. The van der Waals surface area contributed by atoms with Crippen LogP contribution in [-0.2, 0) is 13.0 Å². The number of benzene rings is 1. The van der Waals surface area contributed by atoms with Gasteiger partial charge in [-0.25, -0.2) is 9.97 Å². The zero-order chi connectivity index (χ0) is 16.8. The third-order valence-corrected chi connectivity index (χ3v) is 4.25. The van der Waals surface area contributed by atoms with E-state index in [2.05, 4.69) is 69.4 Å². The molecule has 0 amide bonds. The molecule has 3 rings (SSSR count). The highest BCUT2D eigenvalue weighted by molar-refractivity contribution is 5.86. The molecule has 0 spiro atoms. The normalized spacial score (nSPS) is 11.1. The number of unbranched alkanes of at least 4 members (excludes halogenated alkanes) is 1. The molecule has 0 aliphatic rings. The summed E-state index contributed by atoms with van der Waals surface area (Å²) in [5.74, 6) is 1.79. The first kappa shape index (κ1) is 16.5. The van der Waals surface area contributed by atoms with Crippen LogP contribution in [0.1, 0.15) is 37.6 Å². The molecule has 0 fully saturated rings. The quantitative estimate of drug-likeness (QED) is 0.617. The SMILES string of the molecule is CCCCNc1nc(C)nc2ccn(CCCc3ccccc3)c12. The molecule has 0 saturated heterocycles. The maximum atomic E-state index is 4.63. The summed E-state index contributed by atoms with van der Waals surface area (Å²) in [5, 5.41) is 3.49. The Kier molecular flexibility index (Phi) is 5.47. The molecule has 2 heterocycles. The Hall–Kier alpha value is -2.36. The van der Waals surface area contributed by atoms with Crippen molar-refractivity contribution in [3.05, 3.63) is 54.0 Å². The van der Waals surface area contributed by atoms with Crippen molar-refractivity contribution in [3.8, 4) is 0 Å². The molecule has 2 aromatic heterocycles. The van der Waals surface area contributed by atoms with Crippen LogP contribution in [0.15, 0.2) is 42.6 Å². The van der Waals surface area contributed by atoms with Gasteiger partial charge in [-0.15, -0.1) is 0 Å². The van der Waals surface area contributed by atoms with Gasteiger partial charge in [0.15, 0.2) is 5.82 Å². The standard InChI is InChI=1S/C20H26N4/c1-3-4-13-21-20-19-18(22-16(2)23-20)12-15-24(19)14-8-11-17-9-6-5-7-10-17/h5-7,9-10,12,15H,3-4,8,11,13-14H2,1-2H3,(H,21,22,23). The van der Waals surface area contributed by atoms with E-state index in [4.69, 9.17) is 0 Å². The molecule has 0 bridgehead atoms. The molecule has 0 aliphatic heterocycles. The summed E-state index contributed by atoms with van der Waals surface area (Å²) >= 11 is 0. The monoisotopic (exact) mass is 322 g/mol. The van der Waals surface area contributed by atoms with E-state index in [1.165, 1.54) is 12.0 Å². The molecule has 3 aromatic rings. The second-order valence-corrected chi connectivity index (χ2v) is 6.23. The molecule has 126 valence electrons. The van der Waals surface area contributed by atoms with Crippen LogP contribution in [0.2, 0.25) is 0 Å². The number of fused-ring (bicyclic) bond motifs is 1. The van der Waals surface area contributed by atoms with Crippen LogP contribution in [0.5, 0.6) is 0 Å². The lowest BCUT2D eigenvalue weighted by Gasteiger charge is -2.11. The highest BCUT2D eigenvalue weighted by Gasteiger charge is 2.10. The van der Waals surface area contributed by atoms with Gasteiger partial charge in [0.1, 0.15) is 11.3 Å². The summed E-state index contributed by atoms with van der Waals surface area (Å²) in [6, 6.07) is 12.8. The third kappa shape index (κ3) is 3.94. The van der Waals surface area contributed by atoms with Gasteiger partial charge in [-0.1, -0.05) is 43.7 Å². The average molecular weight is 322 g/mol. The van der Waals surface area contributed by atoms with E-state index in [-0.39, 0.29) is 0 Å². The molecule has 24 heavy (non-hydrogen) atoms. The van der Waals surface area contributed by atoms with Crippen LogP contribution in [-0.4, -0.2) is 21.1 Å². The molecular weight excluding hydrogens is 296 g/mol. The van der Waals surface area contributed by atoms with Gasteiger partial charge < -0.3 is 9.88 Å². The van der Waals surface area contributed by atoms with Gasteiger partial charge in [0, 0.05) is 19.3 Å². The fourth-order valence-corrected chi connectivity index (χ4v) is 3.01. The summed E-state index contributed by atoms with van der Waals surface area (Å²) in [5.41, 5.74) is 3.55. The van der Waals surface area contributed by atoms with Crippen molar-refractivity contribution in [1.29, 1.82) is 0 Å². The maximum Gasteiger partial charge on any atom is 0.154 e. The molecule has 0 atom stereocenters. The van der Waals surface area contributed by atoms with Gasteiger partial charge in [0.05, 0.1) is 5.52 Å². The number of rotatable bonds is 8. The fraction of sp³-hybridized carbons (Fsp3) is 0.400. The van der Waals surface area contributed by atoms with E-state index < -0.39 is 0 Å². The smallest absolute Gasteiger partial charge is 0.154 e. The zero-order valence-electron chi connectivity index (χ0n) is 14.6. The van der Waals surface area contributed by atoms with E-state index in [0.29, 0.717) is 0 Å². The second-order valence-electron chi connectivity index (χ2n) is 6.23. The lowest BCUT2D eigenvalue weighted by atomic mass is 10.1. The minimum absolute atomic E-state index is 0.823. The first-order valence-electron chi connectivity index (χ1n) is 8.89. The Morgan fingerprint density at radius 1 is 1.04 bits per heavy atom. The number of nitrogens with zero attached hydrogens (tertiary/aromatic N) is 3. The Balaban J connectivity index is 1.75. The van der Waals surface area contributed by atoms with E-state index in [9.17, 15) is 0 Å². The van der Waals surface area contributed by atoms with Gasteiger partial charge in [0.25, 0.3) is 0 Å². The summed E-state index contributed by atoms with van der Waals surface area (Å²) in [7, 11) is 0. The lowest BCUT2D eigenvalue weighted by Crippen LogP contribution is -2.08. The Morgan fingerprint density at radius 2 is 1.88 bits per heavy atom. The molecule has 0 aliphatic carbocycles. The van der Waals surface area contributed by atoms with E-state index in [1.807, 2.05) is 6.92 Å². The summed E-state index contributed by atoms with van der Waals surface area (Å²) < 4.78 is 2.28. The highest BCUT2D eigenvalue weighted by atomic mass is 15.1. The third-order valence-electron chi connectivity index (χ3n) is 4.25. The molecule has 4 heteroatoms. The topological polar surface area (TPSA) is 42.7 Å². The number of nitrogens with one attached hydrogen (secondary N) is 1. The van der Waals surface area contributed by atoms with Crippen molar-refractivity contribution in [2.75, 3.05) is 11.9 Å². The molecular formula is C20H26N4. The molecule has 0 unspecified atom stereocenters. The van der Waals surface area contributed by atoms with E-state index in [0.717, 1.165) is 55.0 Å². The molecule has 1 N–H and O–H groups in total. The molecule has 1 aromatic carbocycles. The fourth-order valence-electron chi connectivity index (χ4n) is 3.01. The van der Waals surface area contributed by atoms with Crippen LogP contribution in [0.4, 0.5) is 5.82 Å². The molecule has 0 saturated carbocycles. The van der Waals surface area contributed by atoms with Crippen LogP contribution < -0.4 is 5.32 Å². The summed E-state index contributed by atoms with van der Waals surface area (Å²) in [6.45, 7) is 6.09. The van der Waals surface area contributed by atoms with Crippen molar-refractivity contribution >= 4 is 16.9 Å². The van der Waals surface area contributed by atoms with Crippen molar-refractivity contribution < 1.29 is 0 Å². The van der Waals surface area contributed by atoms with Crippen molar-refractivity contribution in [2.24, 2.45) is 0 Å². The second kappa shape index (κ2) is 7.95.